The van der Waals surface area contributed by atoms with E-state index in [9.17, 15) is 4.39 Å². The lowest BCUT2D eigenvalue weighted by molar-refractivity contribution is 0.550. The van der Waals surface area contributed by atoms with E-state index in [1.807, 2.05) is 13.0 Å². The van der Waals surface area contributed by atoms with Crippen LogP contribution in [0.1, 0.15) is 24.1 Å². The number of benzene rings is 1. The topological polar surface area (TPSA) is 12.0 Å². The first kappa shape index (κ1) is 14.8. The van der Waals surface area contributed by atoms with Gasteiger partial charge in [0.2, 0.25) is 0 Å². The molecule has 1 aromatic heterocycles. The molecular weight excluding hydrogens is 304 g/mol. The van der Waals surface area contributed by atoms with Crippen molar-refractivity contribution in [2.45, 2.75) is 19.4 Å². The Morgan fingerprint density at radius 2 is 1.95 bits per heavy atom. The molecule has 5 heteroatoms. The molecule has 0 aliphatic heterocycles. The van der Waals surface area contributed by atoms with E-state index >= 15 is 0 Å². The third-order valence-electron chi connectivity index (χ3n) is 2.86. The number of hydrogen-bond donors (Lipinski definition) is 1. The molecule has 1 N–H and O–H groups in total. The molecule has 0 amide bonds. The number of halogens is 3. The molecule has 0 aliphatic rings. The van der Waals surface area contributed by atoms with Gasteiger partial charge in [0.1, 0.15) is 5.82 Å². The zero-order chi connectivity index (χ0) is 13.8. The highest BCUT2D eigenvalue weighted by atomic mass is 35.5. The van der Waals surface area contributed by atoms with Crippen LogP contribution < -0.4 is 5.32 Å². The van der Waals surface area contributed by atoms with E-state index in [-0.39, 0.29) is 11.9 Å². The van der Waals surface area contributed by atoms with Gasteiger partial charge in [0.15, 0.2) is 0 Å². The molecule has 0 fully saturated rings. The zero-order valence-corrected chi connectivity index (χ0v) is 12.7. The van der Waals surface area contributed by atoms with Crippen LogP contribution in [0.4, 0.5) is 4.39 Å². The molecule has 0 aliphatic carbocycles. The van der Waals surface area contributed by atoms with Gasteiger partial charge in [-0.25, -0.2) is 4.39 Å². The van der Waals surface area contributed by atoms with E-state index in [0.29, 0.717) is 8.67 Å². The Labute approximate surface area is 126 Å². The van der Waals surface area contributed by atoms with Crippen molar-refractivity contribution >= 4 is 34.5 Å². The van der Waals surface area contributed by atoms with Crippen LogP contribution >= 0.6 is 34.5 Å². The maximum Gasteiger partial charge on any atom is 0.123 e. The van der Waals surface area contributed by atoms with Crippen LogP contribution in [0, 0.1) is 5.82 Å². The Bertz CT molecular complexity index is 539. The Balaban J connectivity index is 2.20. The van der Waals surface area contributed by atoms with E-state index in [1.54, 1.807) is 12.1 Å². The number of rotatable bonds is 5. The molecule has 1 aromatic carbocycles. The van der Waals surface area contributed by atoms with Gasteiger partial charge < -0.3 is 5.32 Å². The first-order chi connectivity index (χ1) is 9.10. The van der Waals surface area contributed by atoms with Crippen LogP contribution in [-0.2, 0) is 6.42 Å². The van der Waals surface area contributed by atoms with E-state index in [0.717, 1.165) is 24.1 Å². The Kier molecular flexibility index (Phi) is 5.22. The highest BCUT2D eigenvalue weighted by Gasteiger charge is 2.17. The van der Waals surface area contributed by atoms with Crippen molar-refractivity contribution in [1.82, 2.24) is 5.32 Å². The molecule has 0 radical (unpaired) electrons. The van der Waals surface area contributed by atoms with Crippen LogP contribution in [0.3, 0.4) is 0 Å². The summed E-state index contributed by atoms with van der Waals surface area (Å²) in [5, 5.41) is 3.39. The predicted octanol–water partition coefficient (Wildman–Crippen LogP) is 5.09. The van der Waals surface area contributed by atoms with Gasteiger partial charge in [-0.3, -0.25) is 0 Å². The van der Waals surface area contributed by atoms with Gasteiger partial charge in [0, 0.05) is 11.6 Å². The Hall–Kier alpha value is -0.610. The minimum Gasteiger partial charge on any atom is -0.310 e. The minimum absolute atomic E-state index is 0.0895. The van der Waals surface area contributed by atoms with Gasteiger partial charge in [-0.05, 0) is 36.7 Å². The normalized spacial score (nSPS) is 12.6. The molecular formula is C14H14Cl2FNS. The van der Waals surface area contributed by atoms with Crippen LogP contribution in [0.15, 0.2) is 30.3 Å². The molecule has 1 unspecified atom stereocenters. The second kappa shape index (κ2) is 6.71. The van der Waals surface area contributed by atoms with E-state index in [4.69, 9.17) is 23.2 Å². The molecule has 19 heavy (non-hydrogen) atoms. The maximum atomic E-state index is 12.9. The second-order valence-corrected chi connectivity index (χ2v) is 6.51. The summed E-state index contributed by atoms with van der Waals surface area (Å²) >= 11 is 13.6. The van der Waals surface area contributed by atoms with E-state index in [1.165, 1.54) is 23.5 Å². The summed E-state index contributed by atoms with van der Waals surface area (Å²) in [6.07, 6.45) is 0.751. The fourth-order valence-corrected chi connectivity index (χ4v) is 3.56. The number of thiophene rings is 1. The monoisotopic (exact) mass is 317 g/mol. The van der Waals surface area contributed by atoms with Gasteiger partial charge in [0.25, 0.3) is 0 Å². The molecule has 1 nitrogen and oxygen atoms in total. The lowest BCUT2D eigenvalue weighted by atomic mass is 10.0. The number of likely N-dealkylation sites (N-methyl/N-ethyl adjacent to an activating group) is 1. The lowest BCUT2D eigenvalue weighted by Crippen LogP contribution is -2.22. The fourth-order valence-electron chi connectivity index (χ4n) is 1.99. The summed E-state index contributed by atoms with van der Waals surface area (Å²) in [4.78, 5) is 0. The second-order valence-electron chi connectivity index (χ2n) is 4.22. The summed E-state index contributed by atoms with van der Waals surface area (Å²) in [6, 6.07) is 8.52. The molecule has 102 valence electrons. The van der Waals surface area contributed by atoms with Crippen LogP contribution in [0.5, 0.6) is 0 Å². The van der Waals surface area contributed by atoms with Gasteiger partial charge >= 0.3 is 0 Å². The van der Waals surface area contributed by atoms with Crippen molar-refractivity contribution < 1.29 is 4.39 Å². The molecule has 1 atom stereocenters. The average Bonchev–Trinajstić information content (AvgIpc) is 2.71. The molecule has 1 heterocycles. The maximum absolute atomic E-state index is 12.9. The van der Waals surface area contributed by atoms with Crippen LogP contribution in [-0.4, -0.2) is 6.54 Å². The van der Waals surface area contributed by atoms with Crippen molar-refractivity contribution in [2.24, 2.45) is 0 Å². The molecule has 2 rings (SSSR count). The quantitative estimate of drug-likeness (QED) is 0.810. The Morgan fingerprint density at radius 1 is 1.26 bits per heavy atom. The van der Waals surface area contributed by atoms with E-state index in [2.05, 4.69) is 5.32 Å². The summed E-state index contributed by atoms with van der Waals surface area (Å²) < 4.78 is 14.3. The largest absolute Gasteiger partial charge is 0.310 e. The van der Waals surface area contributed by atoms with Crippen LogP contribution in [0.25, 0.3) is 0 Å². The highest BCUT2D eigenvalue weighted by molar-refractivity contribution is 7.20. The molecule has 2 aromatic rings. The van der Waals surface area contributed by atoms with Gasteiger partial charge in [-0.2, -0.15) is 0 Å². The van der Waals surface area contributed by atoms with E-state index < -0.39 is 0 Å². The zero-order valence-electron chi connectivity index (χ0n) is 10.4. The lowest BCUT2D eigenvalue weighted by Gasteiger charge is -2.17. The average molecular weight is 318 g/mol. The smallest absolute Gasteiger partial charge is 0.123 e. The van der Waals surface area contributed by atoms with Crippen molar-refractivity contribution in [3.63, 3.8) is 0 Å². The van der Waals surface area contributed by atoms with Crippen molar-refractivity contribution in [3.05, 3.63) is 55.9 Å². The van der Waals surface area contributed by atoms with Gasteiger partial charge in [0.05, 0.1) is 8.67 Å². The number of hydrogen-bond acceptors (Lipinski definition) is 2. The van der Waals surface area contributed by atoms with Crippen molar-refractivity contribution in [2.75, 3.05) is 6.54 Å². The summed E-state index contributed by atoms with van der Waals surface area (Å²) in [6.45, 7) is 2.87. The third kappa shape index (κ3) is 3.93. The Morgan fingerprint density at radius 3 is 2.47 bits per heavy atom. The van der Waals surface area contributed by atoms with Crippen LogP contribution in [0.2, 0.25) is 8.67 Å². The van der Waals surface area contributed by atoms with Gasteiger partial charge in [-0.15, -0.1) is 11.3 Å². The predicted molar refractivity (Wildman–Crippen MR) is 80.9 cm³/mol. The standard InChI is InChI=1S/C14H14Cl2FNS/c1-2-18-12(11-8-13(15)19-14(11)16)7-9-3-5-10(17)6-4-9/h3-6,8,12,18H,2,7H2,1H3. The van der Waals surface area contributed by atoms with Crippen molar-refractivity contribution in [1.29, 1.82) is 0 Å². The first-order valence-electron chi connectivity index (χ1n) is 6.02. The summed E-state index contributed by atoms with van der Waals surface area (Å²) in [5.41, 5.74) is 2.06. The summed E-state index contributed by atoms with van der Waals surface area (Å²) in [5.74, 6) is -0.222. The molecule has 0 bridgehead atoms. The highest BCUT2D eigenvalue weighted by Crippen LogP contribution is 2.36. The number of nitrogens with one attached hydrogen (secondary N) is 1. The SMILES string of the molecule is CCNC(Cc1ccc(F)cc1)c1cc(Cl)sc1Cl. The van der Waals surface area contributed by atoms with Crippen molar-refractivity contribution in [3.8, 4) is 0 Å². The first-order valence-corrected chi connectivity index (χ1v) is 7.60. The fraction of sp³-hybridized carbons (Fsp3) is 0.286. The van der Waals surface area contributed by atoms with Gasteiger partial charge in [-0.1, -0.05) is 42.3 Å². The molecule has 0 saturated carbocycles. The summed E-state index contributed by atoms with van der Waals surface area (Å²) in [7, 11) is 0. The minimum atomic E-state index is -0.222. The molecule has 0 saturated heterocycles. The third-order valence-corrected chi connectivity index (χ3v) is 4.38. The molecule has 0 spiro atoms.